The van der Waals surface area contributed by atoms with Crippen molar-refractivity contribution in [1.29, 1.82) is 0 Å². The normalized spacial score (nSPS) is 21.9. The van der Waals surface area contributed by atoms with Crippen LogP contribution in [-0.2, 0) is 0 Å². The minimum absolute atomic E-state index is 0.0503. The number of halogens is 1. The van der Waals surface area contributed by atoms with E-state index >= 15 is 0 Å². The van der Waals surface area contributed by atoms with Gasteiger partial charge in [0.1, 0.15) is 0 Å². The van der Waals surface area contributed by atoms with Crippen molar-refractivity contribution >= 4 is 39.3 Å². The number of nitrogens with one attached hydrogen (secondary N) is 1. The van der Waals surface area contributed by atoms with Crippen LogP contribution in [-0.4, -0.2) is 16.9 Å². The lowest BCUT2D eigenvalue weighted by Crippen LogP contribution is -2.43. The predicted octanol–water partition coefficient (Wildman–Crippen LogP) is 6.06. The van der Waals surface area contributed by atoms with E-state index in [1.54, 1.807) is 12.1 Å². The van der Waals surface area contributed by atoms with E-state index in [4.69, 9.17) is 0 Å². The van der Waals surface area contributed by atoms with Gasteiger partial charge in [0.25, 0.3) is 11.6 Å². The molecule has 0 aromatic heterocycles. The molecule has 0 unspecified atom stereocenters. The zero-order valence-electron chi connectivity index (χ0n) is 15.9. The Labute approximate surface area is 177 Å². The highest BCUT2D eigenvalue weighted by Gasteiger charge is 2.29. The Bertz CT molecular complexity index is 872. The summed E-state index contributed by atoms with van der Waals surface area (Å²) >= 11 is 4.69. The lowest BCUT2D eigenvalue weighted by molar-refractivity contribution is -0.387. The van der Waals surface area contributed by atoms with Gasteiger partial charge in [-0.1, -0.05) is 54.4 Å². The SMILES string of the molecule is C[C@@H]1[C@H](C)CCC[C@H]1NC(=O)c1ccc(Sc2ccc(Br)cc2)c([N+](=O)[O-])c1. The van der Waals surface area contributed by atoms with Crippen molar-refractivity contribution < 1.29 is 9.72 Å². The number of benzene rings is 2. The van der Waals surface area contributed by atoms with Crippen LogP contribution in [0.4, 0.5) is 5.69 Å². The Morgan fingerprint density at radius 2 is 1.89 bits per heavy atom. The molecule has 1 fully saturated rings. The maximum Gasteiger partial charge on any atom is 0.284 e. The molecule has 0 spiro atoms. The molecular formula is C21H23BrN2O3S. The number of hydrogen-bond donors (Lipinski definition) is 1. The Balaban J connectivity index is 1.79. The van der Waals surface area contributed by atoms with E-state index in [1.807, 2.05) is 24.3 Å². The quantitative estimate of drug-likeness (QED) is 0.432. The standard InChI is InChI=1S/C21H23BrN2O3S/c1-13-4-3-5-18(14(13)2)23-21(25)15-6-11-20(19(12-15)24(26)27)28-17-9-7-16(22)8-10-17/h6-14,18H,3-5H2,1-2H3,(H,23,25)/t13-,14-,18-/m1/s1. The van der Waals surface area contributed by atoms with Crippen LogP contribution in [0, 0.1) is 22.0 Å². The second kappa shape index (κ2) is 9.09. The molecule has 28 heavy (non-hydrogen) atoms. The maximum atomic E-state index is 12.7. The van der Waals surface area contributed by atoms with Crippen molar-refractivity contribution in [3.8, 4) is 0 Å². The Morgan fingerprint density at radius 3 is 2.57 bits per heavy atom. The van der Waals surface area contributed by atoms with E-state index in [0.717, 1.165) is 22.2 Å². The second-order valence-corrected chi connectivity index (χ2v) is 9.37. The average molecular weight is 463 g/mol. The van der Waals surface area contributed by atoms with Crippen molar-refractivity contribution in [2.45, 2.75) is 48.9 Å². The minimum atomic E-state index is -0.427. The molecule has 0 saturated heterocycles. The van der Waals surface area contributed by atoms with Gasteiger partial charge in [-0.05, 0) is 54.7 Å². The molecule has 2 aromatic rings. The smallest absolute Gasteiger partial charge is 0.284 e. The summed E-state index contributed by atoms with van der Waals surface area (Å²) in [6.07, 6.45) is 3.23. The van der Waals surface area contributed by atoms with Crippen LogP contribution in [0.1, 0.15) is 43.5 Å². The summed E-state index contributed by atoms with van der Waals surface area (Å²) in [4.78, 5) is 25.3. The Kier molecular flexibility index (Phi) is 6.78. The molecule has 0 radical (unpaired) electrons. The largest absolute Gasteiger partial charge is 0.349 e. The fraction of sp³-hybridized carbons (Fsp3) is 0.381. The highest BCUT2D eigenvalue weighted by Crippen LogP contribution is 2.36. The molecule has 1 aliphatic carbocycles. The van der Waals surface area contributed by atoms with Gasteiger partial charge in [-0.25, -0.2) is 0 Å². The number of rotatable bonds is 5. The van der Waals surface area contributed by atoms with Crippen LogP contribution < -0.4 is 5.32 Å². The van der Waals surface area contributed by atoms with Crippen LogP contribution in [0.3, 0.4) is 0 Å². The van der Waals surface area contributed by atoms with E-state index in [2.05, 4.69) is 35.1 Å². The molecule has 0 aliphatic heterocycles. The molecule has 3 rings (SSSR count). The number of hydrogen-bond acceptors (Lipinski definition) is 4. The van der Waals surface area contributed by atoms with Gasteiger partial charge in [-0.2, -0.15) is 0 Å². The Morgan fingerprint density at radius 1 is 1.18 bits per heavy atom. The zero-order valence-corrected chi connectivity index (χ0v) is 18.3. The van der Waals surface area contributed by atoms with Crippen molar-refractivity contribution in [2.24, 2.45) is 11.8 Å². The first-order valence-electron chi connectivity index (χ1n) is 9.38. The van der Waals surface area contributed by atoms with Gasteiger partial charge in [0.2, 0.25) is 0 Å². The molecule has 0 heterocycles. The number of carbonyl (C=O) groups is 1. The fourth-order valence-electron chi connectivity index (χ4n) is 3.55. The second-order valence-electron chi connectivity index (χ2n) is 7.34. The van der Waals surface area contributed by atoms with Crippen molar-refractivity contribution in [3.63, 3.8) is 0 Å². The van der Waals surface area contributed by atoms with Gasteiger partial charge in [-0.3, -0.25) is 14.9 Å². The molecular weight excluding hydrogens is 440 g/mol. The van der Waals surface area contributed by atoms with E-state index in [9.17, 15) is 14.9 Å². The maximum absolute atomic E-state index is 12.7. The Hall–Kier alpha value is -1.86. The van der Waals surface area contributed by atoms with Crippen LogP contribution >= 0.6 is 27.7 Å². The molecule has 1 amide bonds. The highest BCUT2D eigenvalue weighted by atomic mass is 79.9. The molecule has 0 bridgehead atoms. The number of nitro groups is 1. The first-order chi connectivity index (χ1) is 13.3. The summed E-state index contributed by atoms with van der Waals surface area (Å²) in [6, 6.07) is 12.4. The van der Waals surface area contributed by atoms with Crippen molar-refractivity contribution in [3.05, 3.63) is 62.6 Å². The number of nitro benzene ring substituents is 1. The summed E-state index contributed by atoms with van der Waals surface area (Å²) in [7, 11) is 0. The lowest BCUT2D eigenvalue weighted by atomic mass is 9.78. The third kappa shape index (κ3) is 4.94. The van der Waals surface area contributed by atoms with Gasteiger partial charge < -0.3 is 5.32 Å². The lowest BCUT2D eigenvalue weighted by Gasteiger charge is -2.34. The molecule has 1 N–H and O–H groups in total. The van der Waals surface area contributed by atoms with Gasteiger partial charge in [0.15, 0.2) is 0 Å². The number of carbonyl (C=O) groups excluding carboxylic acids is 1. The summed E-state index contributed by atoms with van der Waals surface area (Å²) in [5.41, 5.74) is 0.280. The first kappa shape index (κ1) is 20.9. The third-order valence-corrected chi connectivity index (χ3v) is 7.08. The average Bonchev–Trinajstić information content (AvgIpc) is 2.67. The summed E-state index contributed by atoms with van der Waals surface area (Å²) in [5.74, 6) is 0.729. The summed E-state index contributed by atoms with van der Waals surface area (Å²) in [5, 5.41) is 14.7. The molecule has 1 saturated carbocycles. The van der Waals surface area contributed by atoms with E-state index in [-0.39, 0.29) is 17.6 Å². The first-order valence-corrected chi connectivity index (χ1v) is 11.0. The van der Waals surface area contributed by atoms with Gasteiger partial charge in [-0.15, -0.1) is 0 Å². The monoisotopic (exact) mass is 462 g/mol. The topological polar surface area (TPSA) is 72.2 Å². The van der Waals surface area contributed by atoms with E-state index in [1.165, 1.54) is 24.2 Å². The molecule has 7 heteroatoms. The third-order valence-electron chi connectivity index (χ3n) is 5.48. The van der Waals surface area contributed by atoms with Crippen LogP contribution in [0.2, 0.25) is 0 Å². The van der Waals surface area contributed by atoms with Crippen LogP contribution in [0.15, 0.2) is 56.7 Å². The van der Waals surface area contributed by atoms with Crippen LogP contribution in [0.25, 0.3) is 0 Å². The fourth-order valence-corrected chi connectivity index (χ4v) is 4.72. The number of nitrogens with zero attached hydrogens (tertiary/aromatic N) is 1. The van der Waals surface area contributed by atoms with Crippen molar-refractivity contribution in [1.82, 2.24) is 5.32 Å². The minimum Gasteiger partial charge on any atom is -0.349 e. The van der Waals surface area contributed by atoms with E-state index < -0.39 is 4.92 Å². The van der Waals surface area contributed by atoms with Gasteiger partial charge >= 0.3 is 0 Å². The summed E-state index contributed by atoms with van der Waals surface area (Å²) < 4.78 is 0.949. The van der Waals surface area contributed by atoms with Crippen molar-refractivity contribution in [2.75, 3.05) is 0 Å². The molecule has 3 atom stereocenters. The van der Waals surface area contributed by atoms with E-state index in [0.29, 0.717) is 22.3 Å². The number of amides is 1. The molecule has 5 nitrogen and oxygen atoms in total. The summed E-state index contributed by atoms with van der Waals surface area (Å²) in [6.45, 7) is 4.37. The molecule has 2 aromatic carbocycles. The molecule has 148 valence electrons. The zero-order chi connectivity index (χ0) is 20.3. The van der Waals surface area contributed by atoms with Crippen LogP contribution in [0.5, 0.6) is 0 Å². The molecule has 1 aliphatic rings. The predicted molar refractivity (Wildman–Crippen MR) is 115 cm³/mol. The van der Waals surface area contributed by atoms with Gasteiger partial charge in [0, 0.05) is 27.0 Å². The van der Waals surface area contributed by atoms with Gasteiger partial charge in [0.05, 0.1) is 9.82 Å². The highest BCUT2D eigenvalue weighted by molar-refractivity contribution is 9.10.